The number of furan rings is 1. The second kappa shape index (κ2) is 4.30. The van der Waals surface area contributed by atoms with Crippen LogP contribution in [0.25, 0.3) is 11.1 Å². The first kappa shape index (κ1) is 12.4. The van der Waals surface area contributed by atoms with Gasteiger partial charge in [-0.15, -0.1) is 0 Å². The molecule has 0 saturated heterocycles. The van der Waals surface area contributed by atoms with Crippen molar-refractivity contribution in [1.29, 1.82) is 0 Å². The normalized spacial score (nSPS) is 11.4. The maximum Gasteiger partial charge on any atom is 0.336 e. The molecule has 0 amide bonds. The Morgan fingerprint density at radius 3 is 2.50 bits per heavy atom. The van der Waals surface area contributed by atoms with Crippen LogP contribution in [0.3, 0.4) is 0 Å². The third kappa shape index (κ3) is 2.28. The summed E-state index contributed by atoms with van der Waals surface area (Å²) in [4.78, 5) is 11.1. The molecule has 0 radical (unpaired) electrons. The average molecular weight is 266 g/mol. The van der Waals surface area contributed by atoms with Crippen molar-refractivity contribution in [1.82, 2.24) is 0 Å². The van der Waals surface area contributed by atoms with Crippen molar-refractivity contribution in [2.45, 2.75) is 4.90 Å². The molecule has 0 fully saturated rings. The van der Waals surface area contributed by atoms with Gasteiger partial charge in [0.15, 0.2) is 9.84 Å². The summed E-state index contributed by atoms with van der Waals surface area (Å²) < 4.78 is 27.7. The Morgan fingerprint density at radius 1 is 1.28 bits per heavy atom. The van der Waals surface area contributed by atoms with Crippen LogP contribution in [0.15, 0.2) is 46.1 Å². The molecular formula is C12H10O5S. The molecule has 1 aromatic heterocycles. The predicted molar refractivity (Wildman–Crippen MR) is 64.2 cm³/mol. The van der Waals surface area contributed by atoms with Crippen molar-refractivity contribution in [2.75, 3.05) is 6.26 Å². The number of carboxylic acid groups (broad SMARTS) is 1. The summed E-state index contributed by atoms with van der Waals surface area (Å²) in [6.45, 7) is 0. The van der Waals surface area contributed by atoms with Gasteiger partial charge in [0, 0.05) is 11.8 Å². The summed E-state index contributed by atoms with van der Waals surface area (Å²) in [6, 6.07) is 5.61. The number of rotatable bonds is 3. The zero-order chi connectivity index (χ0) is 13.3. The standard InChI is InChI=1S/C12H10O5S/c1-18(15,16)9-2-3-10(8-4-5-17-7-8)11(6-9)12(13)14/h2-7H,1H3,(H,13,14). The second-order valence-corrected chi connectivity index (χ2v) is 5.81. The van der Waals surface area contributed by atoms with E-state index >= 15 is 0 Å². The number of sulfone groups is 1. The number of hydrogen-bond donors (Lipinski definition) is 1. The number of carbonyl (C=O) groups is 1. The van der Waals surface area contributed by atoms with Gasteiger partial charge >= 0.3 is 5.97 Å². The van der Waals surface area contributed by atoms with Crippen molar-refractivity contribution < 1.29 is 22.7 Å². The highest BCUT2D eigenvalue weighted by Gasteiger charge is 2.16. The highest BCUT2D eigenvalue weighted by atomic mass is 32.2. The fraction of sp³-hybridized carbons (Fsp3) is 0.0833. The van der Waals surface area contributed by atoms with Gasteiger partial charge in [0.05, 0.1) is 23.0 Å². The molecule has 94 valence electrons. The molecule has 1 N–H and O–H groups in total. The Balaban J connectivity index is 2.67. The zero-order valence-electron chi connectivity index (χ0n) is 9.45. The molecule has 2 rings (SSSR count). The molecule has 2 aromatic rings. The summed E-state index contributed by atoms with van der Waals surface area (Å²) in [5.41, 5.74) is 0.940. The van der Waals surface area contributed by atoms with Crippen LogP contribution in [-0.2, 0) is 9.84 Å². The Bertz CT molecular complexity index is 683. The van der Waals surface area contributed by atoms with Gasteiger partial charge in [-0.05, 0) is 23.8 Å². The van der Waals surface area contributed by atoms with E-state index in [4.69, 9.17) is 9.52 Å². The first-order chi connectivity index (χ1) is 8.39. The fourth-order valence-electron chi connectivity index (χ4n) is 1.60. The zero-order valence-corrected chi connectivity index (χ0v) is 10.3. The van der Waals surface area contributed by atoms with E-state index in [1.54, 1.807) is 6.07 Å². The topological polar surface area (TPSA) is 84.6 Å². The Kier molecular flexibility index (Phi) is 2.96. The van der Waals surface area contributed by atoms with Crippen molar-refractivity contribution in [3.8, 4) is 11.1 Å². The minimum absolute atomic E-state index is 0.0212. The smallest absolute Gasteiger partial charge is 0.336 e. The van der Waals surface area contributed by atoms with Crippen LogP contribution in [0.4, 0.5) is 0 Å². The van der Waals surface area contributed by atoms with Gasteiger partial charge in [-0.3, -0.25) is 0 Å². The lowest BCUT2D eigenvalue weighted by molar-refractivity contribution is 0.0697. The minimum Gasteiger partial charge on any atom is -0.478 e. The lowest BCUT2D eigenvalue weighted by atomic mass is 10.0. The maximum absolute atomic E-state index is 11.4. The summed E-state index contributed by atoms with van der Waals surface area (Å²) in [5.74, 6) is -1.18. The van der Waals surface area contributed by atoms with E-state index in [2.05, 4.69) is 0 Å². The number of benzene rings is 1. The maximum atomic E-state index is 11.4. The van der Waals surface area contributed by atoms with E-state index in [0.29, 0.717) is 11.1 Å². The molecule has 1 heterocycles. The molecule has 0 atom stereocenters. The largest absolute Gasteiger partial charge is 0.478 e. The first-order valence-electron chi connectivity index (χ1n) is 4.99. The molecule has 0 aliphatic carbocycles. The second-order valence-electron chi connectivity index (χ2n) is 3.80. The van der Waals surface area contributed by atoms with Crippen molar-refractivity contribution >= 4 is 15.8 Å². The van der Waals surface area contributed by atoms with E-state index in [9.17, 15) is 13.2 Å². The Morgan fingerprint density at radius 2 is 2.00 bits per heavy atom. The Hall–Kier alpha value is -2.08. The SMILES string of the molecule is CS(=O)(=O)c1ccc(-c2ccoc2)c(C(=O)O)c1. The molecule has 6 heteroatoms. The lowest BCUT2D eigenvalue weighted by Gasteiger charge is -2.06. The number of carboxylic acids is 1. The lowest BCUT2D eigenvalue weighted by Crippen LogP contribution is -2.04. The Labute approximate surface area is 104 Å². The van der Waals surface area contributed by atoms with E-state index in [1.165, 1.54) is 24.7 Å². The highest BCUT2D eigenvalue weighted by molar-refractivity contribution is 7.90. The van der Waals surface area contributed by atoms with E-state index in [1.807, 2.05) is 0 Å². The van der Waals surface area contributed by atoms with Gasteiger partial charge in [-0.2, -0.15) is 0 Å². The van der Waals surface area contributed by atoms with Gasteiger partial charge in [-0.1, -0.05) is 6.07 Å². The van der Waals surface area contributed by atoms with E-state index in [-0.39, 0.29) is 10.5 Å². The molecule has 0 aliphatic heterocycles. The molecule has 1 aromatic carbocycles. The van der Waals surface area contributed by atoms with Gasteiger partial charge in [0.25, 0.3) is 0 Å². The monoisotopic (exact) mass is 266 g/mol. The summed E-state index contributed by atoms with van der Waals surface area (Å²) >= 11 is 0. The third-order valence-corrected chi connectivity index (χ3v) is 3.59. The summed E-state index contributed by atoms with van der Waals surface area (Å²) in [7, 11) is -3.43. The number of hydrogen-bond acceptors (Lipinski definition) is 4. The fourth-order valence-corrected chi connectivity index (χ4v) is 2.25. The molecule has 0 unspecified atom stereocenters. The first-order valence-corrected chi connectivity index (χ1v) is 6.88. The van der Waals surface area contributed by atoms with Crippen LogP contribution < -0.4 is 0 Å². The van der Waals surface area contributed by atoms with Gasteiger partial charge in [-0.25, -0.2) is 13.2 Å². The van der Waals surface area contributed by atoms with Crippen molar-refractivity contribution in [3.63, 3.8) is 0 Å². The van der Waals surface area contributed by atoms with Crippen molar-refractivity contribution in [2.24, 2.45) is 0 Å². The molecule has 0 spiro atoms. The molecular weight excluding hydrogens is 256 g/mol. The molecule has 18 heavy (non-hydrogen) atoms. The molecule has 5 nitrogen and oxygen atoms in total. The quantitative estimate of drug-likeness (QED) is 0.919. The molecule has 0 aliphatic rings. The van der Waals surface area contributed by atoms with Gasteiger partial charge in [0.1, 0.15) is 0 Å². The van der Waals surface area contributed by atoms with Crippen LogP contribution in [0.2, 0.25) is 0 Å². The van der Waals surface area contributed by atoms with Crippen LogP contribution in [0.1, 0.15) is 10.4 Å². The number of aromatic carboxylic acids is 1. The minimum atomic E-state index is -3.43. The van der Waals surface area contributed by atoms with Crippen LogP contribution >= 0.6 is 0 Å². The van der Waals surface area contributed by atoms with E-state index in [0.717, 1.165) is 12.3 Å². The van der Waals surface area contributed by atoms with Crippen LogP contribution in [-0.4, -0.2) is 25.7 Å². The van der Waals surface area contributed by atoms with Gasteiger partial charge in [0.2, 0.25) is 0 Å². The molecule has 0 saturated carbocycles. The summed E-state index contributed by atoms with van der Waals surface area (Å²) in [6.07, 6.45) is 3.86. The van der Waals surface area contributed by atoms with Crippen molar-refractivity contribution in [3.05, 3.63) is 42.4 Å². The van der Waals surface area contributed by atoms with Gasteiger partial charge < -0.3 is 9.52 Å². The summed E-state index contributed by atoms with van der Waals surface area (Å²) in [5, 5.41) is 9.13. The van der Waals surface area contributed by atoms with Crippen LogP contribution in [0, 0.1) is 0 Å². The van der Waals surface area contributed by atoms with Crippen LogP contribution in [0.5, 0.6) is 0 Å². The van der Waals surface area contributed by atoms with E-state index < -0.39 is 15.8 Å². The third-order valence-electron chi connectivity index (χ3n) is 2.48. The highest BCUT2D eigenvalue weighted by Crippen LogP contribution is 2.26. The average Bonchev–Trinajstić information content (AvgIpc) is 2.80. The predicted octanol–water partition coefficient (Wildman–Crippen LogP) is 2.05. The molecule has 0 bridgehead atoms.